The van der Waals surface area contributed by atoms with Gasteiger partial charge in [0.15, 0.2) is 0 Å². The molecule has 1 saturated carbocycles. The van der Waals surface area contributed by atoms with Crippen LogP contribution in [0.4, 0.5) is 0 Å². The Morgan fingerprint density at radius 3 is 2.60 bits per heavy atom. The first-order chi connectivity index (χ1) is 9.83. The average Bonchev–Trinajstić information content (AvgIpc) is 2.93. The van der Waals surface area contributed by atoms with E-state index < -0.39 is 0 Å². The smallest absolute Gasteiger partial charge is 0.0951 e. The Morgan fingerprint density at radius 1 is 1.05 bits per heavy atom. The van der Waals surface area contributed by atoms with E-state index in [1.165, 1.54) is 32.1 Å². The molecule has 4 nitrogen and oxygen atoms in total. The third kappa shape index (κ3) is 3.19. The van der Waals surface area contributed by atoms with Crippen molar-refractivity contribution in [3.05, 3.63) is 0 Å². The molecule has 0 aromatic heterocycles. The normalized spacial score (nSPS) is 36.0. The molecule has 0 aromatic carbocycles. The van der Waals surface area contributed by atoms with E-state index >= 15 is 0 Å². The van der Waals surface area contributed by atoms with Gasteiger partial charge in [-0.1, -0.05) is 19.3 Å². The zero-order chi connectivity index (χ0) is 13.8. The molecule has 4 heteroatoms. The van der Waals surface area contributed by atoms with Gasteiger partial charge in [0.2, 0.25) is 0 Å². The van der Waals surface area contributed by atoms with Gasteiger partial charge in [0.25, 0.3) is 0 Å². The van der Waals surface area contributed by atoms with Crippen LogP contribution in [-0.2, 0) is 9.47 Å². The van der Waals surface area contributed by atoms with Crippen LogP contribution in [0, 0.1) is 0 Å². The molecular weight excluding hydrogens is 254 g/mol. The Balaban J connectivity index is 1.66. The summed E-state index contributed by atoms with van der Waals surface area (Å²) < 4.78 is 11.6. The molecule has 2 unspecified atom stereocenters. The number of aliphatic hydroxyl groups is 1. The highest BCUT2D eigenvalue weighted by Crippen LogP contribution is 2.36. The Kier molecular flexibility index (Phi) is 4.97. The van der Waals surface area contributed by atoms with Gasteiger partial charge in [-0.15, -0.1) is 0 Å². The van der Waals surface area contributed by atoms with Gasteiger partial charge in [-0.25, -0.2) is 0 Å². The number of nitrogens with zero attached hydrogens (tertiary/aromatic N) is 1. The first kappa shape index (κ1) is 14.8. The minimum Gasteiger partial charge on any atom is -0.395 e. The standard InChI is InChI=1S/C16H29NO3/c18-9-8-17(14-4-2-1-3-5-14)15-6-10-20-16(12-15)7-11-19-13-16/h14-15,18H,1-13H2. The maximum absolute atomic E-state index is 9.46. The topological polar surface area (TPSA) is 41.9 Å². The van der Waals surface area contributed by atoms with Crippen molar-refractivity contribution in [1.82, 2.24) is 4.90 Å². The van der Waals surface area contributed by atoms with Gasteiger partial charge in [0, 0.05) is 38.3 Å². The fraction of sp³-hybridized carbons (Fsp3) is 1.00. The van der Waals surface area contributed by atoms with Crippen molar-refractivity contribution in [1.29, 1.82) is 0 Å². The Labute approximate surface area is 122 Å². The Hall–Kier alpha value is -0.160. The molecule has 0 amide bonds. The maximum Gasteiger partial charge on any atom is 0.0951 e. The van der Waals surface area contributed by atoms with Crippen LogP contribution in [0.25, 0.3) is 0 Å². The quantitative estimate of drug-likeness (QED) is 0.856. The summed E-state index contributed by atoms with van der Waals surface area (Å²) in [5, 5.41) is 9.46. The van der Waals surface area contributed by atoms with Gasteiger partial charge in [0.05, 0.1) is 18.8 Å². The van der Waals surface area contributed by atoms with E-state index in [9.17, 15) is 5.11 Å². The van der Waals surface area contributed by atoms with Gasteiger partial charge in [0.1, 0.15) is 0 Å². The number of hydrogen-bond donors (Lipinski definition) is 1. The lowest BCUT2D eigenvalue weighted by atomic mass is 9.86. The molecule has 2 saturated heterocycles. The third-order valence-electron chi connectivity index (χ3n) is 5.41. The fourth-order valence-electron chi connectivity index (χ4n) is 4.34. The van der Waals surface area contributed by atoms with Crippen LogP contribution >= 0.6 is 0 Å². The summed E-state index contributed by atoms with van der Waals surface area (Å²) in [6.07, 6.45) is 9.94. The van der Waals surface area contributed by atoms with E-state index in [1.807, 2.05) is 0 Å². The highest BCUT2D eigenvalue weighted by atomic mass is 16.6. The minimum absolute atomic E-state index is 0.0225. The molecule has 0 radical (unpaired) electrons. The molecule has 0 bridgehead atoms. The van der Waals surface area contributed by atoms with Gasteiger partial charge in [-0.2, -0.15) is 0 Å². The van der Waals surface area contributed by atoms with Crippen molar-refractivity contribution in [3.63, 3.8) is 0 Å². The van der Waals surface area contributed by atoms with Crippen LogP contribution in [0.1, 0.15) is 51.4 Å². The molecule has 1 N–H and O–H groups in total. The summed E-state index contributed by atoms with van der Waals surface area (Å²) >= 11 is 0. The van der Waals surface area contributed by atoms with Crippen molar-refractivity contribution < 1.29 is 14.6 Å². The van der Waals surface area contributed by atoms with E-state index in [4.69, 9.17) is 9.47 Å². The Morgan fingerprint density at radius 2 is 1.90 bits per heavy atom. The largest absolute Gasteiger partial charge is 0.395 e. The van der Waals surface area contributed by atoms with Crippen LogP contribution < -0.4 is 0 Å². The van der Waals surface area contributed by atoms with E-state index in [1.54, 1.807) is 0 Å². The summed E-state index contributed by atoms with van der Waals surface area (Å²) in [7, 11) is 0. The minimum atomic E-state index is -0.0225. The maximum atomic E-state index is 9.46. The van der Waals surface area contributed by atoms with Crippen molar-refractivity contribution in [2.45, 2.75) is 69.1 Å². The number of ether oxygens (including phenoxy) is 2. The van der Waals surface area contributed by atoms with Gasteiger partial charge < -0.3 is 14.6 Å². The highest BCUT2D eigenvalue weighted by Gasteiger charge is 2.43. The molecule has 2 aliphatic heterocycles. The molecule has 2 heterocycles. The SMILES string of the molecule is OCCN(C1CCCCC1)C1CCOC2(CCOC2)C1. The predicted octanol–water partition coefficient (Wildman–Crippen LogP) is 1.95. The van der Waals surface area contributed by atoms with Gasteiger partial charge >= 0.3 is 0 Å². The molecule has 3 rings (SSSR count). The van der Waals surface area contributed by atoms with Crippen molar-refractivity contribution in [2.24, 2.45) is 0 Å². The van der Waals surface area contributed by atoms with E-state index in [0.29, 0.717) is 12.1 Å². The molecule has 3 fully saturated rings. The molecule has 116 valence electrons. The molecule has 1 spiro atoms. The van der Waals surface area contributed by atoms with Crippen molar-refractivity contribution in [3.8, 4) is 0 Å². The average molecular weight is 283 g/mol. The number of hydrogen-bond acceptors (Lipinski definition) is 4. The molecule has 0 aromatic rings. The molecular formula is C16H29NO3. The van der Waals surface area contributed by atoms with Crippen LogP contribution in [0.3, 0.4) is 0 Å². The van der Waals surface area contributed by atoms with Gasteiger partial charge in [-0.3, -0.25) is 4.90 Å². The molecule has 1 aliphatic carbocycles. The number of rotatable bonds is 4. The molecule has 20 heavy (non-hydrogen) atoms. The van der Waals surface area contributed by atoms with Crippen LogP contribution in [-0.4, -0.2) is 60.7 Å². The molecule has 3 aliphatic rings. The van der Waals surface area contributed by atoms with E-state index in [-0.39, 0.29) is 12.2 Å². The second-order valence-electron chi connectivity index (χ2n) is 6.73. The highest BCUT2D eigenvalue weighted by molar-refractivity contribution is 4.95. The van der Waals surface area contributed by atoms with Crippen molar-refractivity contribution >= 4 is 0 Å². The fourth-order valence-corrected chi connectivity index (χ4v) is 4.34. The lowest BCUT2D eigenvalue weighted by Gasteiger charge is -2.46. The van der Waals surface area contributed by atoms with Crippen molar-refractivity contribution in [2.75, 3.05) is 33.0 Å². The summed E-state index contributed by atoms with van der Waals surface area (Å²) in [6.45, 7) is 3.56. The van der Waals surface area contributed by atoms with Crippen LogP contribution in [0.5, 0.6) is 0 Å². The second-order valence-corrected chi connectivity index (χ2v) is 6.73. The Bertz CT molecular complexity index is 298. The summed E-state index contributed by atoms with van der Waals surface area (Å²) in [6, 6.07) is 1.25. The zero-order valence-corrected chi connectivity index (χ0v) is 12.6. The second kappa shape index (κ2) is 6.73. The lowest BCUT2D eigenvalue weighted by Crippen LogP contribution is -2.53. The predicted molar refractivity (Wildman–Crippen MR) is 77.8 cm³/mol. The first-order valence-electron chi connectivity index (χ1n) is 8.41. The summed E-state index contributed by atoms with van der Waals surface area (Å²) in [5.74, 6) is 0. The summed E-state index contributed by atoms with van der Waals surface area (Å²) in [5.41, 5.74) is -0.0225. The molecule has 2 atom stereocenters. The van der Waals surface area contributed by atoms with E-state index in [0.717, 1.165) is 45.6 Å². The summed E-state index contributed by atoms with van der Waals surface area (Å²) in [4.78, 5) is 2.60. The number of aliphatic hydroxyl groups excluding tert-OH is 1. The van der Waals surface area contributed by atoms with E-state index in [2.05, 4.69) is 4.90 Å². The van der Waals surface area contributed by atoms with Crippen LogP contribution in [0.2, 0.25) is 0 Å². The lowest BCUT2D eigenvalue weighted by molar-refractivity contribution is -0.114. The van der Waals surface area contributed by atoms with Crippen LogP contribution in [0.15, 0.2) is 0 Å². The van der Waals surface area contributed by atoms with Gasteiger partial charge in [-0.05, 0) is 25.7 Å². The third-order valence-corrected chi connectivity index (χ3v) is 5.41. The monoisotopic (exact) mass is 283 g/mol. The first-order valence-corrected chi connectivity index (χ1v) is 8.41. The zero-order valence-electron chi connectivity index (χ0n) is 12.6.